The summed E-state index contributed by atoms with van der Waals surface area (Å²) in [7, 11) is 0. The second-order valence-electron chi connectivity index (χ2n) is 2.56. The van der Waals surface area contributed by atoms with E-state index in [1.54, 1.807) is 0 Å². The molecule has 12 heavy (non-hydrogen) atoms. The Morgan fingerprint density at radius 3 is 2.83 bits per heavy atom. The molecule has 1 aromatic heterocycles. The number of carbonyl (C=O) groups excluding carboxylic acids is 1. The molecular weight excluding hydrogens is 156 g/mol. The van der Waals surface area contributed by atoms with Crippen molar-refractivity contribution in [1.29, 1.82) is 0 Å². The Hall–Kier alpha value is -1.42. The fourth-order valence-electron chi connectivity index (χ4n) is 0.850. The van der Waals surface area contributed by atoms with Crippen molar-refractivity contribution in [3.8, 4) is 5.75 Å². The van der Waals surface area contributed by atoms with Crippen LogP contribution in [0.5, 0.6) is 5.75 Å². The number of Topliss-reactive ketones (excluding diaryl/α,β-unsaturated/α-hetero) is 1. The summed E-state index contributed by atoms with van der Waals surface area (Å²) < 4.78 is 0. The monoisotopic (exact) mass is 166 g/mol. The minimum absolute atomic E-state index is 0.0178. The number of ketones is 1. The molecule has 4 heteroatoms. The predicted octanol–water partition coefficient (Wildman–Crippen LogP) is 0.376. The number of hydrogen-bond donors (Lipinski definition) is 2. The van der Waals surface area contributed by atoms with Gasteiger partial charge in [0.2, 0.25) is 0 Å². The molecule has 0 aromatic carbocycles. The number of nitrogens with zero attached hydrogens (tertiary/aromatic N) is 1. The van der Waals surface area contributed by atoms with Gasteiger partial charge in [0.1, 0.15) is 5.75 Å². The van der Waals surface area contributed by atoms with Crippen LogP contribution in [0, 0.1) is 0 Å². The Morgan fingerprint density at radius 1 is 1.67 bits per heavy atom. The molecule has 1 aromatic rings. The van der Waals surface area contributed by atoms with Crippen molar-refractivity contribution >= 4 is 5.78 Å². The van der Waals surface area contributed by atoms with Gasteiger partial charge in [-0.2, -0.15) is 0 Å². The molecule has 1 heterocycles. The topological polar surface area (TPSA) is 76.2 Å². The number of carbonyl (C=O) groups is 1. The van der Waals surface area contributed by atoms with Crippen molar-refractivity contribution in [2.24, 2.45) is 5.73 Å². The molecule has 1 atom stereocenters. The van der Waals surface area contributed by atoms with Crippen LogP contribution < -0.4 is 5.73 Å². The van der Waals surface area contributed by atoms with Gasteiger partial charge in [0.25, 0.3) is 0 Å². The first-order chi connectivity index (χ1) is 5.61. The molecule has 0 fully saturated rings. The third kappa shape index (κ3) is 1.79. The molecule has 1 rings (SSSR count). The van der Waals surface area contributed by atoms with Crippen molar-refractivity contribution in [1.82, 2.24) is 4.98 Å². The Morgan fingerprint density at radius 2 is 2.33 bits per heavy atom. The molecule has 1 unspecified atom stereocenters. The Balaban J connectivity index is 2.95. The number of hydrogen-bond acceptors (Lipinski definition) is 4. The minimum atomic E-state index is -0.690. The molecule has 0 aliphatic heterocycles. The number of aromatic hydroxyl groups is 1. The molecule has 0 saturated carbocycles. The zero-order valence-corrected chi connectivity index (χ0v) is 6.69. The molecule has 64 valence electrons. The van der Waals surface area contributed by atoms with E-state index >= 15 is 0 Å². The highest BCUT2D eigenvalue weighted by Crippen LogP contribution is 2.14. The van der Waals surface area contributed by atoms with Gasteiger partial charge in [0.15, 0.2) is 5.78 Å². The highest BCUT2D eigenvalue weighted by Gasteiger charge is 2.11. The number of rotatable bonds is 2. The Bertz CT molecular complexity index is 299. The zero-order chi connectivity index (χ0) is 9.14. The average molecular weight is 166 g/mol. The van der Waals surface area contributed by atoms with Gasteiger partial charge in [-0.1, -0.05) is 0 Å². The van der Waals surface area contributed by atoms with E-state index in [4.69, 9.17) is 10.8 Å². The normalized spacial score (nSPS) is 12.5. The fraction of sp³-hybridized carbons (Fsp3) is 0.250. The second kappa shape index (κ2) is 3.32. The van der Waals surface area contributed by atoms with Gasteiger partial charge in [-0.05, 0) is 18.6 Å². The van der Waals surface area contributed by atoms with E-state index in [-0.39, 0.29) is 11.5 Å². The van der Waals surface area contributed by atoms with Gasteiger partial charge >= 0.3 is 0 Å². The first kappa shape index (κ1) is 8.67. The average Bonchev–Trinajstić information content (AvgIpc) is 2.03. The van der Waals surface area contributed by atoms with Crippen LogP contribution in [0.4, 0.5) is 0 Å². The van der Waals surface area contributed by atoms with Crippen LogP contribution in [0.25, 0.3) is 0 Å². The van der Waals surface area contributed by atoms with Crippen LogP contribution in [0.15, 0.2) is 18.5 Å². The molecule has 4 nitrogen and oxygen atoms in total. The summed E-state index contributed by atoms with van der Waals surface area (Å²) in [6, 6.07) is 0.739. The number of aromatic nitrogens is 1. The van der Waals surface area contributed by atoms with E-state index in [9.17, 15) is 4.79 Å². The number of pyridine rings is 1. The maximum atomic E-state index is 10.8. The van der Waals surface area contributed by atoms with Crippen LogP contribution in [0.1, 0.15) is 18.5 Å². The lowest BCUT2D eigenvalue weighted by atomic mass is 10.1. The van der Waals surface area contributed by atoms with Gasteiger partial charge in [0.05, 0.1) is 12.2 Å². The lowest BCUT2D eigenvalue weighted by Gasteiger charge is -2.06. The molecular formula is C8H10N2O2. The van der Waals surface area contributed by atoms with Crippen molar-refractivity contribution in [2.75, 3.05) is 0 Å². The molecule has 0 bridgehead atoms. The van der Waals surface area contributed by atoms with Crippen molar-refractivity contribution in [3.05, 3.63) is 24.0 Å². The first-order valence-corrected chi connectivity index (χ1v) is 3.51. The summed E-state index contributed by atoms with van der Waals surface area (Å²) in [5.74, 6) is -0.133. The van der Waals surface area contributed by atoms with Gasteiger partial charge < -0.3 is 10.8 Å². The highest BCUT2D eigenvalue weighted by molar-refractivity contribution is 5.82. The van der Waals surface area contributed by atoms with Crippen LogP contribution in [0.3, 0.4) is 0 Å². The van der Waals surface area contributed by atoms with E-state index in [0.29, 0.717) is 5.56 Å². The van der Waals surface area contributed by atoms with Crippen molar-refractivity contribution < 1.29 is 9.90 Å². The van der Waals surface area contributed by atoms with Gasteiger partial charge in [-0.25, -0.2) is 0 Å². The third-order valence-corrected chi connectivity index (χ3v) is 1.54. The maximum Gasteiger partial charge on any atom is 0.151 e. The van der Waals surface area contributed by atoms with E-state index in [2.05, 4.69) is 4.98 Å². The van der Waals surface area contributed by atoms with Crippen molar-refractivity contribution in [2.45, 2.75) is 13.0 Å². The van der Waals surface area contributed by atoms with Crippen LogP contribution >= 0.6 is 0 Å². The van der Waals surface area contributed by atoms with Crippen LogP contribution in [0.2, 0.25) is 0 Å². The van der Waals surface area contributed by atoms with Gasteiger partial charge in [0, 0.05) is 6.20 Å². The lowest BCUT2D eigenvalue weighted by Crippen LogP contribution is -2.18. The lowest BCUT2D eigenvalue weighted by molar-refractivity contribution is -0.118. The van der Waals surface area contributed by atoms with Crippen LogP contribution in [-0.4, -0.2) is 15.9 Å². The van der Waals surface area contributed by atoms with E-state index < -0.39 is 6.04 Å². The molecule has 3 N–H and O–H groups in total. The first-order valence-electron chi connectivity index (χ1n) is 3.51. The third-order valence-electron chi connectivity index (χ3n) is 1.54. The highest BCUT2D eigenvalue weighted by atomic mass is 16.3. The van der Waals surface area contributed by atoms with Gasteiger partial charge in [-0.15, -0.1) is 0 Å². The van der Waals surface area contributed by atoms with E-state index in [1.165, 1.54) is 25.4 Å². The molecule has 0 radical (unpaired) electrons. The Labute approximate surface area is 70.0 Å². The molecule has 0 aliphatic carbocycles. The summed E-state index contributed by atoms with van der Waals surface area (Å²) in [4.78, 5) is 14.5. The summed E-state index contributed by atoms with van der Waals surface area (Å²) in [6.07, 6.45) is 2.75. The predicted molar refractivity (Wildman–Crippen MR) is 43.5 cm³/mol. The summed E-state index contributed by atoms with van der Waals surface area (Å²) in [6.45, 7) is 1.40. The standard InChI is InChI=1S/C8H10N2O2/c1-5(11)8(9)6-2-7(12)4-10-3-6/h2-4,8,12H,9H2,1H3. The number of nitrogens with two attached hydrogens (primary N) is 1. The van der Waals surface area contributed by atoms with Crippen molar-refractivity contribution in [3.63, 3.8) is 0 Å². The molecule has 0 amide bonds. The summed E-state index contributed by atoms with van der Waals surface area (Å²) in [5, 5.41) is 9.01. The summed E-state index contributed by atoms with van der Waals surface area (Å²) >= 11 is 0. The Kier molecular flexibility index (Phi) is 2.40. The summed E-state index contributed by atoms with van der Waals surface area (Å²) in [5.41, 5.74) is 6.04. The van der Waals surface area contributed by atoms with E-state index in [0.717, 1.165) is 0 Å². The zero-order valence-electron chi connectivity index (χ0n) is 6.69. The molecule has 0 saturated heterocycles. The maximum absolute atomic E-state index is 10.8. The van der Waals surface area contributed by atoms with Gasteiger partial charge in [-0.3, -0.25) is 9.78 Å². The quantitative estimate of drug-likeness (QED) is 0.665. The fourth-order valence-corrected chi connectivity index (χ4v) is 0.850. The molecule has 0 spiro atoms. The SMILES string of the molecule is CC(=O)C(N)c1cncc(O)c1. The smallest absolute Gasteiger partial charge is 0.151 e. The minimum Gasteiger partial charge on any atom is -0.506 e. The van der Waals surface area contributed by atoms with Crippen LogP contribution in [-0.2, 0) is 4.79 Å². The van der Waals surface area contributed by atoms with E-state index in [1.807, 2.05) is 0 Å². The molecule has 0 aliphatic rings. The second-order valence-corrected chi connectivity index (χ2v) is 2.56. The largest absolute Gasteiger partial charge is 0.506 e.